The number of oxime groups is 1. The van der Waals surface area contributed by atoms with Crippen LogP contribution >= 0.6 is 11.3 Å². The van der Waals surface area contributed by atoms with Crippen molar-refractivity contribution < 1.29 is 9.63 Å². The monoisotopic (exact) mass is 330 g/mol. The van der Waals surface area contributed by atoms with Crippen molar-refractivity contribution >= 4 is 28.8 Å². The fourth-order valence-corrected chi connectivity index (χ4v) is 3.17. The minimum atomic E-state index is -0.120. The largest absolute Gasteiger partial charge is 0.384 e. The van der Waals surface area contributed by atoms with E-state index in [0.717, 1.165) is 22.8 Å². The molecule has 0 aliphatic carbocycles. The van der Waals surface area contributed by atoms with Gasteiger partial charge in [-0.2, -0.15) is 0 Å². The number of nitrogens with two attached hydrogens (primary N) is 1. The molecular weight excluding hydrogens is 312 g/mol. The molecule has 0 radical (unpaired) electrons. The molecule has 2 aromatic rings. The van der Waals surface area contributed by atoms with Gasteiger partial charge < -0.3 is 15.5 Å². The lowest BCUT2D eigenvalue weighted by Gasteiger charge is -2.16. The number of fused-ring (bicyclic) bond motifs is 1. The number of nitrogens with zero attached hydrogens (tertiary/aromatic N) is 3. The highest BCUT2D eigenvalue weighted by molar-refractivity contribution is 7.09. The van der Waals surface area contributed by atoms with Gasteiger partial charge in [-0.1, -0.05) is 23.4 Å². The summed E-state index contributed by atoms with van der Waals surface area (Å²) < 4.78 is 0. The molecule has 0 unspecified atom stereocenters. The predicted octanol–water partition coefficient (Wildman–Crippen LogP) is 1.87. The number of amidine groups is 1. The van der Waals surface area contributed by atoms with Crippen molar-refractivity contribution in [2.45, 2.75) is 19.8 Å². The van der Waals surface area contributed by atoms with E-state index in [0.29, 0.717) is 18.8 Å². The van der Waals surface area contributed by atoms with Crippen LogP contribution in [0.1, 0.15) is 16.3 Å². The zero-order chi connectivity index (χ0) is 16.2. The summed E-state index contributed by atoms with van der Waals surface area (Å²) in [5, 5.41) is 6.73. The number of carbonyl (C=O) groups is 1. The molecule has 1 aliphatic rings. The Hall–Kier alpha value is -2.41. The Morgan fingerprint density at radius 1 is 1.48 bits per heavy atom. The van der Waals surface area contributed by atoms with Crippen LogP contribution in [-0.4, -0.2) is 29.9 Å². The van der Waals surface area contributed by atoms with Crippen LogP contribution in [0.2, 0.25) is 0 Å². The molecule has 120 valence electrons. The lowest BCUT2D eigenvalue weighted by molar-refractivity contribution is -0.123. The second-order valence-electron chi connectivity index (χ2n) is 5.31. The Labute approximate surface area is 138 Å². The smallest absolute Gasteiger partial charge is 0.267 e. The van der Waals surface area contributed by atoms with Gasteiger partial charge >= 0.3 is 0 Å². The van der Waals surface area contributed by atoms with E-state index in [2.05, 4.69) is 10.1 Å². The Bertz CT molecular complexity index is 741. The van der Waals surface area contributed by atoms with Crippen LogP contribution in [0.25, 0.3) is 0 Å². The maximum absolute atomic E-state index is 12.2. The van der Waals surface area contributed by atoms with Gasteiger partial charge in [0.15, 0.2) is 6.61 Å². The molecule has 2 heterocycles. The zero-order valence-electron chi connectivity index (χ0n) is 12.9. The van der Waals surface area contributed by atoms with Crippen LogP contribution in [-0.2, 0) is 22.5 Å². The Morgan fingerprint density at radius 3 is 3.09 bits per heavy atom. The third-order valence-electron chi connectivity index (χ3n) is 3.59. The van der Waals surface area contributed by atoms with Crippen LogP contribution in [0.3, 0.4) is 0 Å². The molecule has 0 saturated heterocycles. The molecule has 1 amide bonds. The van der Waals surface area contributed by atoms with E-state index in [-0.39, 0.29) is 12.5 Å². The number of para-hydroxylation sites is 1. The zero-order valence-corrected chi connectivity index (χ0v) is 13.7. The number of rotatable bonds is 5. The number of anilines is 1. The van der Waals surface area contributed by atoms with Gasteiger partial charge in [0.25, 0.3) is 5.91 Å². The molecule has 0 fully saturated rings. The van der Waals surface area contributed by atoms with E-state index in [1.165, 1.54) is 5.56 Å². The van der Waals surface area contributed by atoms with Crippen LogP contribution in [0, 0.1) is 6.92 Å². The molecule has 0 spiro atoms. The topological polar surface area (TPSA) is 80.8 Å². The molecule has 1 aromatic carbocycles. The van der Waals surface area contributed by atoms with Gasteiger partial charge in [0.2, 0.25) is 0 Å². The summed E-state index contributed by atoms with van der Waals surface area (Å²) >= 11 is 1.56. The fraction of sp³-hybridized carbons (Fsp3) is 0.312. The van der Waals surface area contributed by atoms with Gasteiger partial charge in [0.1, 0.15) is 5.84 Å². The Kier molecular flexibility index (Phi) is 4.57. The maximum atomic E-state index is 12.2. The van der Waals surface area contributed by atoms with Crippen molar-refractivity contribution in [2.75, 3.05) is 18.1 Å². The SMILES string of the molecule is Cc1nc(C/C(N)=N/OCC(=O)N2CCc3ccccc32)cs1. The average molecular weight is 330 g/mol. The summed E-state index contributed by atoms with van der Waals surface area (Å²) in [6.07, 6.45) is 1.29. The van der Waals surface area contributed by atoms with Crippen LogP contribution in [0.4, 0.5) is 5.69 Å². The molecule has 2 N–H and O–H groups in total. The van der Waals surface area contributed by atoms with E-state index >= 15 is 0 Å². The third kappa shape index (κ3) is 3.68. The second kappa shape index (κ2) is 6.78. The van der Waals surface area contributed by atoms with Gasteiger partial charge in [-0.05, 0) is 25.0 Å². The third-order valence-corrected chi connectivity index (χ3v) is 4.41. The van der Waals surface area contributed by atoms with Gasteiger partial charge in [0.05, 0.1) is 17.1 Å². The molecule has 7 heteroatoms. The molecule has 0 saturated carbocycles. The number of hydrogen-bond acceptors (Lipinski definition) is 5. The highest BCUT2D eigenvalue weighted by Gasteiger charge is 2.24. The minimum absolute atomic E-state index is 0.115. The fourth-order valence-electron chi connectivity index (χ4n) is 2.55. The van der Waals surface area contributed by atoms with Crippen molar-refractivity contribution in [3.8, 4) is 0 Å². The number of hydrogen-bond donors (Lipinski definition) is 1. The average Bonchev–Trinajstić information content (AvgIpc) is 3.13. The van der Waals surface area contributed by atoms with Crippen molar-refractivity contribution in [3.63, 3.8) is 0 Å². The highest BCUT2D eigenvalue weighted by Crippen LogP contribution is 2.27. The maximum Gasteiger partial charge on any atom is 0.267 e. The number of aryl methyl sites for hydroxylation is 1. The Morgan fingerprint density at radius 2 is 2.30 bits per heavy atom. The molecule has 1 aliphatic heterocycles. The summed E-state index contributed by atoms with van der Waals surface area (Å²) in [5.74, 6) is 0.195. The van der Waals surface area contributed by atoms with Crippen LogP contribution in [0.5, 0.6) is 0 Å². The highest BCUT2D eigenvalue weighted by atomic mass is 32.1. The molecule has 6 nitrogen and oxygen atoms in total. The minimum Gasteiger partial charge on any atom is -0.384 e. The lowest BCUT2D eigenvalue weighted by atomic mass is 10.2. The van der Waals surface area contributed by atoms with E-state index in [4.69, 9.17) is 10.6 Å². The molecular formula is C16H18N4O2S. The van der Waals surface area contributed by atoms with E-state index in [9.17, 15) is 4.79 Å². The number of amides is 1. The molecule has 1 aromatic heterocycles. The first-order chi connectivity index (χ1) is 11.1. The molecule has 23 heavy (non-hydrogen) atoms. The van der Waals surface area contributed by atoms with Crippen LogP contribution in [0.15, 0.2) is 34.8 Å². The first kappa shape index (κ1) is 15.5. The van der Waals surface area contributed by atoms with Gasteiger partial charge in [0, 0.05) is 17.6 Å². The van der Waals surface area contributed by atoms with E-state index in [1.807, 2.05) is 36.6 Å². The van der Waals surface area contributed by atoms with Crippen molar-refractivity contribution in [3.05, 3.63) is 45.9 Å². The standard InChI is InChI=1S/C16H18N4O2S/c1-11-18-13(10-23-11)8-15(17)19-22-9-16(21)20-7-6-12-4-2-3-5-14(12)20/h2-5,10H,6-9H2,1H3,(H2,17,19). The second-order valence-corrected chi connectivity index (χ2v) is 6.38. The van der Waals surface area contributed by atoms with Crippen molar-refractivity contribution in [1.29, 1.82) is 0 Å². The molecule has 0 bridgehead atoms. The summed E-state index contributed by atoms with van der Waals surface area (Å²) in [7, 11) is 0. The number of aromatic nitrogens is 1. The van der Waals surface area contributed by atoms with Gasteiger partial charge in [-0.3, -0.25) is 4.79 Å². The summed E-state index contributed by atoms with van der Waals surface area (Å²) in [5.41, 5.74) is 8.79. The first-order valence-electron chi connectivity index (χ1n) is 7.37. The van der Waals surface area contributed by atoms with Gasteiger partial charge in [-0.15, -0.1) is 11.3 Å². The summed E-state index contributed by atoms with van der Waals surface area (Å²) in [6, 6.07) is 7.89. The van der Waals surface area contributed by atoms with Crippen molar-refractivity contribution in [1.82, 2.24) is 4.98 Å². The van der Waals surface area contributed by atoms with Crippen LogP contribution < -0.4 is 10.6 Å². The lowest BCUT2D eigenvalue weighted by Crippen LogP contribution is -2.32. The van der Waals surface area contributed by atoms with E-state index in [1.54, 1.807) is 16.2 Å². The summed E-state index contributed by atoms with van der Waals surface area (Å²) in [4.78, 5) is 23.4. The predicted molar refractivity (Wildman–Crippen MR) is 90.6 cm³/mol. The van der Waals surface area contributed by atoms with Crippen molar-refractivity contribution in [2.24, 2.45) is 10.9 Å². The molecule has 3 rings (SSSR count). The normalized spacial score (nSPS) is 14.0. The Balaban J connectivity index is 1.52. The van der Waals surface area contributed by atoms with Gasteiger partial charge in [-0.25, -0.2) is 4.98 Å². The number of carbonyl (C=O) groups excluding carboxylic acids is 1. The quantitative estimate of drug-likeness (QED) is 0.515. The van der Waals surface area contributed by atoms with E-state index < -0.39 is 0 Å². The molecule has 0 atom stereocenters. The summed E-state index contributed by atoms with van der Waals surface area (Å²) in [6.45, 7) is 2.49. The number of thiazole rings is 1. The number of benzene rings is 1. The first-order valence-corrected chi connectivity index (χ1v) is 8.25.